The van der Waals surface area contributed by atoms with Gasteiger partial charge >= 0.3 is 0 Å². The number of ether oxygens (including phenoxy) is 1. The molecule has 1 amide bonds. The summed E-state index contributed by atoms with van der Waals surface area (Å²) >= 11 is 6.02. The molecule has 0 aliphatic carbocycles. The van der Waals surface area contributed by atoms with Crippen LogP contribution in [0, 0.1) is 5.82 Å². The summed E-state index contributed by atoms with van der Waals surface area (Å²) < 4.78 is 49.9. The van der Waals surface area contributed by atoms with Gasteiger partial charge < -0.3 is 10.1 Å². The number of aromatic nitrogens is 1. The highest BCUT2D eigenvalue weighted by Crippen LogP contribution is 2.35. The van der Waals surface area contributed by atoms with E-state index in [-0.39, 0.29) is 23.4 Å². The topological polar surface area (TPSA) is 97.4 Å². The van der Waals surface area contributed by atoms with Crippen molar-refractivity contribution in [2.45, 2.75) is 16.9 Å². The summed E-state index contributed by atoms with van der Waals surface area (Å²) in [5, 5.41) is 4.59. The second-order valence-corrected chi connectivity index (χ2v) is 10.6. The van der Waals surface area contributed by atoms with Gasteiger partial charge in [-0.25, -0.2) is 17.8 Å². The van der Waals surface area contributed by atoms with Crippen LogP contribution in [0.4, 0.5) is 4.39 Å². The molecule has 1 aromatic heterocycles. The summed E-state index contributed by atoms with van der Waals surface area (Å²) in [6.45, 7) is 0.196. The molecule has 3 aromatic carbocycles. The molecule has 2 heterocycles. The first kappa shape index (κ1) is 24.2. The number of benzene rings is 3. The van der Waals surface area contributed by atoms with Gasteiger partial charge in [0, 0.05) is 35.0 Å². The van der Waals surface area contributed by atoms with Crippen molar-refractivity contribution in [3.8, 4) is 17.0 Å². The molecular formula is C26H21ClFN3O4S. The number of halogens is 2. The third-order valence-corrected chi connectivity index (χ3v) is 8.00. The Labute approximate surface area is 212 Å². The average Bonchev–Trinajstić information content (AvgIpc) is 3.23. The zero-order valence-corrected chi connectivity index (χ0v) is 20.7. The molecule has 184 valence electrons. The normalized spacial score (nSPS) is 17.8. The molecule has 1 saturated heterocycles. The molecule has 0 radical (unpaired) electrons. The molecule has 0 bridgehead atoms. The predicted molar refractivity (Wildman–Crippen MR) is 135 cm³/mol. The third kappa shape index (κ3) is 4.30. The van der Waals surface area contributed by atoms with E-state index >= 15 is 4.39 Å². The lowest BCUT2D eigenvalue weighted by molar-refractivity contribution is -0.124. The van der Waals surface area contributed by atoms with Gasteiger partial charge in [0.05, 0.1) is 12.0 Å². The maximum atomic E-state index is 15.5. The summed E-state index contributed by atoms with van der Waals surface area (Å²) in [4.78, 5) is 17.1. The first-order valence-corrected chi connectivity index (χ1v) is 12.9. The minimum atomic E-state index is -4.21. The lowest BCUT2D eigenvalue weighted by atomic mass is 9.88. The van der Waals surface area contributed by atoms with Crippen LogP contribution in [-0.2, 0) is 20.4 Å². The Morgan fingerprint density at radius 3 is 2.44 bits per heavy atom. The van der Waals surface area contributed by atoms with E-state index in [2.05, 4.69) is 15.0 Å². The zero-order valence-electron chi connectivity index (χ0n) is 19.1. The SMILES string of the molecule is COc1ccc(-c2ccc([C@@]3(NS(=O)(=O)c4ccc5cc(Cl)ccc5c4)CCNC3=O)c(F)c2)cn1. The molecule has 1 aliphatic heterocycles. The Bertz CT molecular complexity index is 1600. The van der Waals surface area contributed by atoms with E-state index in [9.17, 15) is 13.2 Å². The van der Waals surface area contributed by atoms with Gasteiger partial charge in [-0.15, -0.1) is 0 Å². The Kier molecular flexibility index (Phi) is 6.15. The highest BCUT2D eigenvalue weighted by Gasteiger charge is 2.48. The standard InChI is InChI=1S/C26H21ClFN3O4S/c1-35-24-9-5-19(15-30-24)18-4-8-22(23(28)14-18)26(10-11-29-25(26)32)31-36(33,34)21-7-3-16-12-20(27)6-2-17(16)13-21/h2-9,12-15,31H,10-11H2,1H3,(H,29,32)/t26-/m0/s1. The predicted octanol–water partition coefficient (Wildman–Crippen LogP) is 4.40. The molecule has 0 spiro atoms. The summed E-state index contributed by atoms with van der Waals surface area (Å²) in [7, 11) is -2.71. The lowest BCUT2D eigenvalue weighted by Crippen LogP contribution is -2.51. The van der Waals surface area contributed by atoms with Crippen LogP contribution >= 0.6 is 11.6 Å². The van der Waals surface area contributed by atoms with Crippen LogP contribution in [0.3, 0.4) is 0 Å². The van der Waals surface area contributed by atoms with E-state index in [4.69, 9.17) is 16.3 Å². The van der Waals surface area contributed by atoms with Crippen molar-refractivity contribution in [2.24, 2.45) is 0 Å². The smallest absolute Gasteiger partial charge is 0.246 e. The van der Waals surface area contributed by atoms with Crippen molar-refractivity contribution >= 4 is 38.3 Å². The number of nitrogens with one attached hydrogen (secondary N) is 2. The number of carbonyl (C=O) groups is 1. The first-order chi connectivity index (χ1) is 17.2. The van der Waals surface area contributed by atoms with Gasteiger partial charge in [0.2, 0.25) is 21.8 Å². The van der Waals surface area contributed by atoms with Gasteiger partial charge in [-0.3, -0.25) is 4.79 Å². The highest BCUT2D eigenvalue weighted by atomic mass is 35.5. The van der Waals surface area contributed by atoms with Gasteiger partial charge in [-0.05, 0) is 59.2 Å². The number of methoxy groups -OCH3 is 1. The fourth-order valence-electron chi connectivity index (χ4n) is 4.40. The highest BCUT2D eigenvalue weighted by molar-refractivity contribution is 7.89. The third-order valence-electron chi connectivity index (χ3n) is 6.27. The van der Waals surface area contributed by atoms with Crippen LogP contribution in [0.15, 0.2) is 77.8 Å². The van der Waals surface area contributed by atoms with Crippen LogP contribution in [0.25, 0.3) is 21.9 Å². The van der Waals surface area contributed by atoms with Gasteiger partial charge in [0.15, 0.2) is 0 Å². The number of pyridine rings is 1. The molecule has 10 heteroatoms. The van der Waals surface area contributed by atoms with Crippen molar-refractivity contribution < 1.29 is 22.3 Å². The minimum Gasteiger partial charge on any atom is -0.481 e. The number of rotatable bonds is 6. The van der Waals surface area contributed by atoms with Gasteiger partial charge in [0.1, 0.15) is 11.4 Å². The number of hydrogen-bond acceptors (Lipinski definition) is 5. The summed E-state index contributed by atoms with van der Waals surface area (Å²) in [5.74, 6) is -0.906. The summed E-state index contributed by atoms with van der Waals surface area (Å²) in [5.41, 5.74) is -0.688. The number of sulfonamides is 1. The average molecular weight is 526 g/mol. The Balaban J connectivity index is 1.53. The molecule has 5 rings (SSSR count). The monoisotopic (exact) mass is 525 g/mol. The van der Waals surface area contributed by atoms with Crippen LogP contribution < -0.4 is 14.8 Å². The van der Waals surface area contributed by atoms with Gasteiger partial charge in [-0.1, -0.05) is 35.9 Å². The zero-order chi connectivity index (χ0) is 25.5. The number of amides is 1. The second-order valence-electron chi connectivity index (χ2n) is 8.45. The number of fused-ring (bicyclic) bond motifs is 1. The van der Waals surface area contributed by atoms with Crippen LogP contribution in [0.1, 0.15) is 12.0 Å². The molecule has 1 atom stereocenters. The van der Waals surface area contributed by atoms with Crippen molar-refractivity contribution in [1.29, 1.82) is 0 Å². The molecule has 7 nitrogen and oxygen atoms in total. The molecular weight excluding hydrogens is 505 g/mol. The lowest BCUT2D eigenvalue weighted by Gasteiger charge is -2.28. The largest absolute Gasteiger partial charge is 0.481 e. The second kappa shape index (κ2) is 9.16. The molecule has 1 fully saturated rings. The fraction of sp³-hybridized carbons (Fsp3) is 0.154. The van der Waals surface area contributed by atoms with Crippen molar-refractivity contribution in [3.05, 3.63) is 89.3 Å². The van der Waals surface area contributed by atoms with Crippen molar-refractivity contribution in [3.63, 3.8) is 0 Å². The molecule has 0 saturated carbocycles. The van der Waals surface area contributed by atoms with Crippen molar-refractivity contribution in [2.75, 3.05) is 13.7 Å². The van der Waals surface area contributed by atoms with E-state index < -0.39 is 27.3 Å². The molecule has 1 aliphatic rings. The Morgan fingerprint density at radius 2 is 1.78 bits per heavy atom. The fourth-order valence-corrected chi connectivity index (χ4v) is 5.99. The molecule has 0 unspecified atom stereocenters. The Morgan fingerprint density at radius 1 is 1.03 bits per heavy atom. The van der Waals surface area contributed by atoms with Gasteiger partial charge in [-0.2, -0.15) is 4.72 Å². The molecule has 4 aromatic rings. The van der Waals surface area contributed by atoms with Crippen LogP contribution in [-0.4, -0.2) is 33.0 Å². The summed E-state index contributed by atoms with van der Waals surface area (Å²) in [6, 6.07) is 17.4. The van der Waals surface area contributed by atoms with E-state index in [1.54, 1.807) is 48.7 Å². The van der Waals surface area contributed by atoms with E-state index in [0.717, 1.165) is 5.39 Å². The maximum Gasteiger partial charge on any atom is 0.246 e. The number of hydrogen-bond donors (Lipinski definition) is 2. The molecule has 36 heavy (non-hydrogen) atoms. The van der Waals surface area contributed by atoms with E-state index in [1.807, 2.05) is 0 Å². The molecule has 2 N–H and O–H groups in total. The number of nitrogens with zero attached hydrogens (tertiary/aromatic N) is 1. The Hall–Kier alpha value is -3.53. The summed E-state index contributed by atoms with van der Waals surface area (Å²) in [6.07, 6.45) is 1.59. The first-order valence-electron chi connectivity index (χ1n) is 11.0. The quantitative estimate of drug-likeness (QED) is 0.389. The minimum absolute atomic E-state index is 0.0438. The van der Waals surface area contributed by atoms with Crippen LogP contribution in [0.5, 0.6) is 5.88 Å². The van der Waals surface area contributed by atoms with Crippen molar-refractivity contribution in [1.82, 2.24) is 15.0 Å². The van der Waals surface area contributed by atoms with E-state index in [1.165, 1.54) is 31.4 Å². The van der Waals surface area contributed by atoms with E-state index in [0.29, 0.717) is 27.4 Å². The van der Waals surface area contributed by atoms with Crippen LogP contribution in [0.2, 0.25) is 5.02 Å². The van der Waals surface area contributed by atoms with Gasteiger partial charge in [0.25, 0.3) is 0 Å². The maximum absolute atomic E-state index is 15.5. The number of carbonyl (C=O) groups excluding carboxylic acids is 1.